The zero-order valence-corrected chi connectivity index (χ0v) is 16.2. The number of aryl methyl sites for hydroxylation is 1. The van der Waals surface area contributed by atoms with E-state index in [0.717, 1.165) is 11.1 Å². The van der Waals surface area contributed by atoms with Crippen LogP contribution in [0.2, 0.25) is 0 Å². The summed E-state index contributed by atoms with van der Waals surface area (Å²) in [6, 6.07) is 15.1. The lowest BCUT2D eigenvalue weighted by Crippen LogP contribution is -2.24. The summed E-state index contributed by atoms with van der Waals surface area (Å²) in [7, 11) is -2.31. The van der Waals surface area contributed by atoms with E-state index in [-0.39, 0.29) is 23.2 Å². The Morgan fingerprint density at radius 1 is 1.14 bits per heavy atom. The summed E-state index contributed by atoms with van der Waals surface area (Å²) < 4.78 is 32.8. The van der Waals surface area contributed by atoms with E-state index in [0.29, 0.717) is 11.4 Å². The van der Waals surface area contributed by atoms with Crippen LogP contribution in [0.4, 0.5) is 5.82 Å². The van der Waals surface area contributed by atoms with Gasteiger partial charge in [0.25, 0.3) is 15.9 Å². The molecule has 0 fully saturated rings. The van der Waals surface area contributed by atoms with Gasteiger partial charge in [-0.2, -0.15) is 5.10 Å². The summed E-state index contributed by atoms with van der Waals surface area (Å²) in [5.74, 6) is 0.309. The lowest BCUT2D eigenvalue weighted by atomic mass is 10.1. The lowest BCUT2D eigenvalue weighted by Gasteiger charge is -2.08. The molecule has 8 nitrogen and oxygen atoms in total. The summed E-state index contributed by atoms with van der Waals surface area (Å²) in [5, 5.41) is 9.32. The van der Waals surface area contributed by atoms with Crippen molar-refractivity contribution >= 4 is 21.7 Å². The third kappa shape index (κ3) is 4.49. The van der Waals surface area contributed by atoms with Crippen LogP contribution in [-0.2, 0) is 14.8 Å². The van der Waals surface area contributed by atoms with Crippen LogP contribution in [-0.4, -0.2) is 38.2 Å². The summed E-state index contributed by atoms with van der Waals surface area (Å²) in [6.07, 6.45) is 0. The minimum absolute atomic E-state index is 0.0558. The van der Waals surface area contributed by atoms with E-state index in [4.69, 9.17) is 4.74 Å². The molecule has 28 heavy (non-hydrogen) atoms. The van der Waals surface area contributed by atoms with E-state index >= 15 is 0 Å². The fourth-order valence-corrected chi connectivity index (χ4v) is 3.51. The van der Waals surface area contributed by atoms with Gasteiger partial charge in [0.2, 0.25) is 0 Å². The van der Waals surface area contributed by atoms with Gasteiger partial charge in [0, 0.05) is 18.7 Å². The molecule has 1 aromatic heterocycles. The monoisotopic (exact) mass is 400 g/mol. The fraction of sp³-hybridized carbons (Fsp3) is 0.158. The summed E-state index contributed by atoms with van der Waals surface area (Å²) in [6.45, 7) is 1.82. The highest BCUT2D eigenvalue weighted by atomic mass is 32.2. The van der Waals surface area contributed by atoms with Gasteiger partial charge in [-0.3, -0.25) is 14.6 Å². The topological polar surface area (TPSA) is 113 Å². The number of aromatic nitrogens is 2. The van der Waals surface area contributed by atoms with Crippen LogP contribution in [0.5, 0.6) is 5.75 Å². The number of hydrogen-bond donors (Lipinski definition) is 3. The second-order valence-corrected chi connectivity index (χ2v) is 7.70. The van der Waals surface area contributed by atoms with E-state index in [1.165, 1.54) is 31.3 Å². The maximum absolute atomic E-state index is 12.6. The van der Waals surface area contributed by atoms with Crippen LogP contribution in [0.15, 0.2) is 59.5 Å². The van der Waals surface area contributed by atoms with Gasteiger partial charge in [-0.1, -0.05) is 24.3 Å². The number of likely N-dealkylation sites (N-methyl/N-ethyl adjacent to an activating group) is 1. The van der Waals surface area contributed by atoms with Crippen molar-refractivity contribution < 1.29 is 17.9 Å². The van der Waals surface area contributed by atoms with Crippen molar-refractivity contribution in [3.63, 3.8) is 0 Å². The molecule has 9 heteroatoms. The number of aromatic amines is 1. The van der Waals surface area contributed by atoms with Gasteiger partial charge in [-0.15, -0.1) is 0 Å². The number of nitrogens with zero attached hydrogens (tertiary/aromatic N) is 1. The van der Waals surface area contributed by atoms with Gasteiger partial charge < -0.3 is 10.1 Å². The smallest absolute Gasteiger partial charge is 0.263 e. The van der Waals surface area contributed by atoms with Gasteiger partial charge in [0.15, 0.2) is 12.4 Å². The molecular formula is C19H20N4O4S. The number of H-pyrrole nitrogens is 1. The van der Waals surface area contributed by atoms with Gasteiger partial charge in [-0.05, 0) is 36.8 Å². The second-order valence-electron chi connectivity index (χ2n) is 6.02. The number of anilines is 1. The molecule has 2 aromatic carbocycles. The number of carbonyl (C=O) groups excluding carboxylic acids is 1. The molecule has 0 spiro atoms. The van der Waals surface area contributed by atoms with Crippen LogP contribution in [0.3, 0.4) is 0 Å². The Bertz CT molecular complexity index is 1080. The summed E-state index contributed by atoms with van der Waals surface area (Å²) >= 11 is 0. The molecule has 0 aliphatic heterocycles. The van der Waals surface area contributed by atoms with E-state index in [9.17, 15) is 13.2 Å². The predicted octanol–water partition coefficient (Wildman–Crippen LogP) is 2.31. The Hall–Kier alpha value is -3.33. The summed E-state index contributed by atoms with van der Waals surface area (Å²) in [5.41, 5.74) is 2.71. The maximum Gasteiger partial charge on any atom is 0.263 e. The number of ether oxygens (including phenoxy) is 1. The average Bonchev–Trinajstić information content (AvgIpc) is 3.14. The van der Waals surface area contributed by atoms with Crippen molar-refractivity contribution in [3.8, 4) is 17.0 Å². The van der Waals surface area contributed by atoms with E-state index in [1.54, 1.807) is 6.07 Å². The first-order valence-electron chi connectivity index (χ1n) is 8.47. The molecule has 0 atom stereocenters. The molecule has 1 amide bonds. The van der Waals surface area contributed by atoms with Crippen LogP contribution in [0.25, 0.3) is 11.3 Å². The lowest BCUT2D eigenvalue weighted by molar-refractivity contribution is -0.122. The van der Waals surface area contributed by atoms with Crippen LogP contribution >= 0.6 is 0 Å². The minimum atomic E-state index is -3.81. The first-order valence-corrected chi connectivity index (χ1v) is 9.95. The SMILES string of the molecule is CNC(=O)COc1ccc(S(=O)(=O)Nc2cc(-c3ccccc3C)[nH]n2)cc1. The van der Waals surface area contributed by atoms with Crippen LogP contribution in [0.1, 0.15) is 5.56 Å². The highest BCUT2D eigenvalue weighted by Crippen LogP contribution is 2.24. The summed E-state index contributed by atoms with van der Waals surface area (Å²) in [4.78, 5) is 11.2. The number of nitrogens with one attached hydrogen (secondary N) is 3. The van der Waals surface area contributed by atoms with Crippen LogP contribution in [0, 0.1) is 6.92 Å². The van der Waals surface area contributed by atoms with E-state index in [1.807, 2.05) is 31.2 Å². The van der Waals surface area contributed by atoms with Gasteiger partial charge in [0.1, 0.15) is 5.75 Å². The number of amides is 1. The third-order valence-corrected chi connectivity index (χ3v) is 5.41. The molecule has 3 aromatic rings. The molecule has 0 radical (unpaired) electrons. The Balaban J connectivity index is 1.72. The Morgan fingerprint density at radius 2 is 1.86 bits per heavy atom. The number of hydrogen-bond acceptors (Lipinski definition) is 5. The van der Waals surface area contributed by atoms with Crippen LogP contribution < -0.4 is 14.8 Å². The molecule has 3 N–H and O–H groups in total. The van der Waals surface area contributed by atoms with Crippen molar-refractivity contribution in [2.45, 2.75) is 11.8 Å². The zero-order chi connectivity index (χ0) is 20.1. The van der Waals surface area contributed by atoms with Crippen molar-refractivity contribution in [1.29, 1.82) is 0 Å². The molecule has 0 aliphatic rings. The molecule has 0 saturated carbocycles. The first kappa shape index (κ1) is 19.4. The highest BCUT2D eigenvalue weighted by Gasteiger charge is 2.17. The Kier molecular flexibility index (Phi) is 5.65. The van der Waals surface area contributed by atoms with Gasteiger partial charge >= 0.3 is 0 Å². The molecule has 0 bridgehead atoms. The van der Waals surface area contributed by atoms with E-state index in [2.05, 4.69) is 20.2 Å². The van der Waals surface area contributed by atoms with Gasteiger partial charge in [-0.25, -0.2) is 8.42 Å². The molecule has 3 rings (SSSR count). The van der Waals surface area contributed by atoms with Crippen molar-refractivity contribution in [2.24, 2.45) is 0 Å². The van der Waals surface area contributed by atoms with Crippen molar-refractivity contribution in [3.05, 3.63) is 60.2 Å². The van der Waals surface area contributed by atoms with Gasteiger partial charge in [0.05, 0.1) is 10.6 Å². The maximum atomic E-state index is 12.6. The van der Waals surface area contributed by atoms with E-state index < -0.39 is 10.0 Å². The Labute approximate surface area is 163 Å². The van der Waals surface area contributed by atoms with Crippen molar-refractivity contribution in [1.82, 2.24) is 15.5 Å². The normalized spacial score (nSPS) is 11.1. The zero-order valence-electron chi connectivity index (χ0n) is 15.4. The predicted molar refractivity (Wildman–Crippen MR) is 106 cm³/mol. The third-order valence-electron chi connectivity index (χ3n) is 4.03. The molecule has 146 valence electrons. The number of benzene rings is 2. The number of sulfonamides is 1. The molecule has 0 aliphatic carbocycles. The highest BCUT2D eigenvalue weighted by molar-refractivity contribution is 7.92. The molecule has 0 saturated heterocycles. The quantitative estimate of drug-likeness (QED) is 0.563. The number of rotatable bonds is 7. The molecular weight excluding hydrogens is 380 g/mol. The largest absolute Gasteiger partial charge is 0.484 e. The first-order chi connectivity index (χ1) is 13.4. The standard InChI is InChI=1S/C19H20N4O4S/c1-13-5-3-4-6-16(13)17-11-18(22-21-17)23-28(25,26)15-9-7-14(8-10-15)27-12-19(24)20-2/h3-11H,12H2,1-2H3,(H,20,24)(H2,21,22,23). The fourth-order valence-electron chi connectivity index (χ4n) is 2.52. The average molecular weight is 400 g/mol. The van der Waals surface area contributed by atoms with Crippen molar-refractivity contribution in [2.75, 3.05) is 18.4 Å². The molecule has 0 unspecified atom stereocenters. The molecule has 1 heterocycles. The number of carbonyl (C=O) groups is 1. The second kappa shape index (κ2) is 8.13. The Morgan fingerprint density at radius 3 is 2.54 bits per heavy atom. The minimum Gasteiger partial charge on any atom is -0.484 e.